The number of benzene rings is 2. The number of fused-ring (bicyclic) bond motifs is 1. The van der Waals surface area contributed by atoms with Crippen molar-refractivity contribution in [1.29, 1.82) is 0 Å². The zero-order valence-electron chi connectivity index (χ0n) is 18.3. The topological polar surface area (TPSA) is 175 Å². The van der Waals surface area contributed by atoms with E-state index in [0.717, 1.165) is 0 Å². The van der Waals surface area contributed by atoms with Gasteiger partial charge < -0.3 is 24.9 Å². The molecule has 2 aromatic heterocycles. The van der Waals surface area contributed by atoms with E-state index < -0.39 is 20.6 Å². The van der Waals surface area contributed by atoms with Gasteiger partial charge in [-0.15, -0.1) is 0 Å². The van der Waals surface area contributed by atoms with Crippen LogP contribution < -0.4 is 10.9 Å². The van der Waals surface area contributed by atoms with E-state index in [1.165, 1.54) is 42.1 Å². The highest BCUT2D eigenvalue weighted by Crippen LogP contribution is 2.69. The summed E-state index contributed by atoms with van der Waals surface area (Å²) in [6.07, 6.45) is 1.49. The standard InChI is InChI=1S/C21H18Cl2N4O7P2/c1-27-18-12(9-14(19(27)28)17-15(22)3-2-4-16(17)23)10-24-21(26-18)25-13-7-5-11(6-8-13)20(35(29,30)31)36(32,33)34/h2-10,20H,1H3,(H,24,25,26)(H2,29,30,31)(H2,32,33,34). The van der Waals surface area contributed by atoms with Gasteiger partial charge in [0.05, 0.1) is 15.6 Å². The van der Waals surface area contributed by atoms with E-state index in [-0.39, 0.29) is 22.6 Å². The van der Waals surface area contributed by atoms with Crippen molar-refractivity contribution in [2.75, 3.05) is 5.32 Å². The van der Waals surface area contributed by atoms with Crippen molar-refractivity contribution in [3.8, 4) is 11.1 Å². The third-order valence-electron chi connectivity index (χ3n) is 5.28. The first-order valence-corrected chi connectivity index (χ1v) is 14.2. The highest BCUT2D eigenvalue weighted by Gasteiger charge is 2.44. The summed E-state index contributed by atoms with van der Waals surface area (Å²) in [5.74, 6) is 0.107. The Morgan fingerprint density at radius 2 is 1.56 bits per heavy atom. The summed E-state index contributed by atoms with van der Waals surface area (Å²) in [7, 11) is -8.72. The lowest BCUT2D eigenvalue weighted by atomic mass is 10.1. The van der Waals surface area contributed by atoms with Gasteiger partial charge in [0.1, 0.15) is 5.65 Å². The van der Waals surface area contributed by atoms with Gasteiger partial charge in [0.15, 0.2) is 5.40 Å². The molecule has 2 aromatic carbocycles. The quantitative estimate of drug-likeness (QED) is 0.209. The fraction of sp³-hybridized carbons (Fsp3) is 0.0952. The van der Waals surface area contributed by atoms with E-state index >= 15 is 0 Å². The maximum atomic E-state index is 13.1. The molecule has 2 heterocycles. The molecule has 0 unspecified atom stereocenters. The van der Waals surface area contributed by atoms with Crippen LogP contribution in [-0.2, 0) is 16.2 Å². The Morgan fingerprint density at radius 3 is 2.11 bits per heavy atom. The third kappa shape index (κ3) is 5.25. The molecule has 0 fully saturated rings. The third-order valence-corrected chi connectivity index (χ3v) is 9.59. The number of pyridine rings is 1. The second-order valence-corrected chi connectivity index (χ2v) is 12.4. The van der Waals surface area contributed by atoms with Crippen molar-refractivity contribution in [2.24, 2.45) is 7.05 Å². The Balaban J connectivity index is 1.69. The summed E-state index contributed by atoms with van der Waals surface area (Å²) in [4.78, 5) is 59.2. The highest BCUT2D eigenvalue weighted by atomic mass is 35.5. The predicted molar refractivity (Wildman–Crippen MR) is 137 cm³/mol. The Kier molecular flexibility index (Phi) is 7.13. The second-order valence-electron chi connectivity index (χ2n) is 7.79. The first kappa shape index (κ1) is 26.5. The molecular formula is C21H18Cl2N4O7P2. The smallest absolute Gasteiger partial charge is 0.324 e. The van der Waals surface area contributed by atoms with Crippen LogP contribution in [0.3, 0.4) is 0 Å². The van der Waals surface area contributed by atoms with Crippen LogP contribution >= 0.6 is 38.4 Å². The maximum absolute atomic E-state index is 13.1. The number of nitrogens with one attached hydrogen (secondary N) is 1. The molecule has 5 N–H and O–H groups in total. The van der Waals surface area contributed by atoms with Gasteiger partial charge in [-0.1, -0.05) is 41.4 Å². The van der Waals surface area contributed by atoms with Gasteiger partial charge in [0, 0.05) is 29.9 Å². The van der Waals surface area contributed by atoms with E-state index in [2.05, 4.69) is 15.3 Å². The van der Waals surface area contributed by atoms with Crippen LogP contribution in [0.5, 0.6) is 0 Å². The first-order valence-electron chi connectivity index (χ1n) is 10.1. The Hall–Kier alpha value is -2.59. The lowest BCUT2D eigenvalue weighted by Gasteiger charge is -2.20. The van der Waals surface area contributed by atoms with Gasteiger partial charge in [0.2, 0.25) is 5.95 Å². The Labute approximate surface area is 213 Å². The van der Waals surface area contributed by atoms with E-state index in [1.54, 1.807) is 24.3 Å². The number of rotatable bonds is 6. The Bertz CT molecular complexity index is 1590. The van der Waals surface area contributed by atoms with Crippen LogP contribution in [0.1, 0.15) is 11.0 Å². The van der Waals surface area contributed by atoms with Gasteiger partial charge in [-0.25, -0.2) is 4.98 Å². The van der Waals surface area contributed by atoms with Gasteiger partial charge in [-0.3, -0.25) is 18.5 Å². The number of halogens is 2. The van der Waals surface area contributed by atoms with Crippen molar-refractivity contribution >= 4 is 61.1 Å². The summed E-state index contributed by atoms with van der Waals surface area (Å²) in [6.45, 7) is 0. The summed E-state index contributed by atoms with van der Waals surface area (Å²) >= 11 is 12.5. The van der Waals surface area contributed by atoms with Crippen molar-refractivity contribution in [3.05, 3.63) is 80.7 Å². The molecule has 15 heteroatoms. The summed E-state index contributed by atoms with van der Waals surface area (Å²) in [6, 6.07) is 11.6. The lowest BCUT2D eigenvalue weighted by molar-refractivity contribution is 0.340. The van der Waals surface area contributed by atoms with Gasteiger partial charge in [-0.05, 0) is 35.9 Å². The van der Waals surface area contributed by atoms with Crippen LogP contribution in [0.15, 0.2) is 59.5 Å². The Morgan fingerprint density at radius 1 is 0.972 bits per heavy atom. The number of hydrogen-bond acceptors (Lipinski definition) is 6. The molecule has 4 rings (SSSR count). The van der Waals surface area contributed by atoms with E-state index in [1.807, 2.05) is 0 Å². The average molecular weight is 571 g/mol. The summed E-state index contributed by atoms with van der Waals surface area (Å²) in [5.41, 5.74) is 0.754. The van der Waals surface area contributed by atoms with Crippen molar-refractivity contribution in [2.45, 2.75) is 5.40 Å². The monoisotopic (exact) mass is 570 g/mol. The van der Waals surface area contributed by atoms with Gasteiger partial charge >= 0.3 is 15.2 Å². The van der Waals surface area contributed by atoms with Gasteiger partial charge in [-0.2, -0.15) is 4.98 Å². The minimum absolute atomic E-state index is 0.107. The second kappa shape index (κ2) is 9.70. The zero-order valence-corrected chi connectivity index (χ0v) is 21.6. The van der Waals surface area contributed by atoms with Crippen molar-refractivity contribution in [3.63, 3.8) is 0 Å². The van der Waals surface area contributed by atoms with E-state index in [4.69, 9.17) is 23.2 Å². The number of hydrogen-bond donors (Lipinski definition) is 5. The molecule has 0 aliphatic rings. The fourth-order valence-electron chi connectivity index (χ4n) is 3.69. The molecule has 0 saturated carbocycles. The van der Waals surface area contributed by atoms with Crippen molar-refractivity contribution in [1.82, 2.24) is 14.5 Å². The summed E-state index contributed by atoms with van der Waals surface area (Å²) < 4.78 is 24.6. The van der Waals surface area contributed by atoms with Crippen LogP contribution in [0.4, 0.5) is 11.6 Å². The number of aryl methyl sites for hydroxylation is 1. The molecule has 0 aliphatic carbocycles. The molecule has 0 spiro atoms. The molecule has 36 heavy (non-hydrogen) atoms. The van der Waals surface area contributed by atoms with Crippen LogP contribution in [-0.4, -0.2) is 34.1 Å². The molecule has 11 nitrogen and oxygen atoms in total. The molecule has 0 amide bonds. The van der Waals surface area contributed by atoms with Crippen LogP contribution in [0.2, 0.25) is 10.0 Å². The minimum atomic E-state index is -5.13. The van der Waals surface area contributed by atoms with Crippen LogP contribution in [0, 0.1) is 0 Å². The van der Waals surface area contributed by atoms with E-state index in [0.29, 0.717) is 32.3 Å². The molecule has 0 atom stereocenters. The SMILES string of the molecule is Cn1c(=O)c(-c2c(Cl)cccc2Cl)cc2cnc(Nc3ccc(C(P(=O)(O)O)P(=O)(O)O)cc3)nc21. The normalized spacial score (nSPS) is 12.3. The molecule has 0 saturated heterocycles. The van der Waals surface area contributed by atoms with Crippen LogP contribution in [0.25, 0.3) is 22.2 Å². The maximum Gasteiger partial charge on any atom is 0.345 e. The average Bonchev–Trinajstić information content (AvgIpc) is 2.77. The number of nitrogens with zero attached hydrogens (tertiary/aromatic N) is 3. The molecule has 4 aromatic rings. The largest absolute Gasteiger partial charge is 0.345 e. The molecule has 0 bridgehead atoms. The highest BCUT2D eigenvalue weighted by molar-refractivity contribution is 7.70. The summed E-state index contributed by atoms with van der Waals surface area (Å²) in [5, 5.41) is 1.79. The van der Waals surface area contributed by atoms with Gasteiger partial charge in [0.25, 0.3) is 5.56 Å². The first-order chi connectivity index (χ1) is 16.8. The van der Waals surface area contributed by atoms with E-state index in [9.17, 15) is 33.5 Å². The zero-order chi connectivity index (χ0) is 26.4. The van der Waals surface area contributed by atoms with Crippen molar-refractivity contribution < 1.29 is 28.7 Å². The predicted octanol–water partition coefficient (Wildman–Crippen LogP) is 4.40. The lowest BCUT2D eigenvalue weighted by Crippen LogP contribution is -2.20. The molecular weight excluding hydrogens is 553 g/mol. The number of anilines is 2. The number of aromatic nitrogens is 3. The molecule has 188 valence electrons. The molecule has 0 radical (unpaired) electrons. The molecule has 0 aliphatic heterocycles. The minimum Gasteiger partial charge on any atom is -0.324 e. The fourth-order valence-corrected chi connectivity index (χ4v) is 6.98.